The second kappa shape index (κ2) is 4.74. The molecule has 0 saturated heterocycles. The zero-order chi connectivity index (χ0) is 14.4. The van der Waals surface area contributed by atoms with E-state index in [1.807, 2.05) is 34.6 Å². The number of nitrogens with zero attached hydrogens (tertiary/aromatic N) is 2. The van der Waals surface area contributed by atoms with E-state index in [0.29, 0.717) is 6.54 Å². The van der Waals surface area contributed by atoms with Crippen LogP contribution in [0.4, 0.5) is 4.79 Å². The molecule has 0 unspecified atom stereocenters. The first-order valence-electron chi connectivity index (χ1n) is 6.23. The van der Waals surface area contributed by atoms with E-state index in [1.165, 1.54) is 0 Å². The fourth-order valence-corrected chi connectivity index (χ4v) is 3.69. The van der Waals surface area contributed by atoms with Crippen LogP contribution in [0.15, 0.2) is 3.92 Å². The largest absolute Gasteiger partial charge is 0.444 e. The van der Waals surface area contributed by atoms with Crippen LogP contribution in [-0.2, 0) is 17.7 Å². The molecule has 106 valence electrons. The van der Waals surface area contributed by atoms with E-state index in [2.05, 4.69) is 20.9 Å². The molecule has 19 heavy (non-hydrogen) atoms. The van der Waals surface area contributed by atoms with E-state index >= 15 is 0 Å². The molecule has 0 spiro atoms. The fourth-order valence-electron chi connectivity index (χ4n) is 2.11. The minimum absolute atomic E-state index is 0.257. The molecule has 1 amide bonds. The zero-order valence-electron chi connectivity index (χ0n) is 11.9. The summed E-state index contributed by atoms with van der Waals surface area (Å²) in [6.45, 7) is 10.3. The third-order valence-electron chi connectivity index (χ3n) is 3.00. The van der Waals surface area contributed by atoms with Crippen molar-refractivity contribution in [2.75, 3.05) is 0 Å². The predicted octanol–water partition coefficient (Wildman–Crippen LogP) is 3.98. The Morgan fingerprint density at radius 3 is 2.68 bits per heavy atom. The van der Waals surface area contributed by atoms with Crippen molar-refractivity contribution in [3.8, 4) is 0 Å². The quantitative estimate of drug-likeness (QED) is 0.713. The van der Waals surface area contributed by atoms with E-state index in [4.69, 9.17) is 4.74 Å². The maximum Gasteiger partial charge on any atom is 0.411 e. The maximum absolute atomic E-state index is 12.3. The first-order valence-corrected chi connectivity index (χ1v) is 7.84. The van der Waals surface area contributed by atoms with Crippen molar-refractivity contribution in [1.29, 1.82) is 0 Å². The number of thiazole rings is 1. The Kier molecular flexibility index (Phi) is 3.68. The number of halogens is 1. The molecule has 0 aliphatic carbocycles. The average molecular weight is 347 g/mol. The van der Waals surface area contributed by atoms with Gasteiger partial charge in [0.2, 0.25) is 0 Å². The highest BCUT2D eigenvalue weighted by molar-refractivity contribution is 9.11. The lowest BCUT2D eigenvalue weighted by molar-refractivity contribution is -0.00232. The van der Waals surface area contributed by atoms with Crippen LogP contribution in [0.25, 0.3) is 0 Å². The lowest BCUT2D eigenvalue weighted by atomic mass is 9.92. The number of carbonyl (C=O) groups excluding carboxylic acids is 1. The number of ether oxygens (including phenoxy) is 1. The molecule has 0 saturated carbocycles. The molecule has 1 aliphatic rings. The van der Waals surface area contributed by atoms with Crippen LogP contribution in [0.5, 0.6) is 0 Å². The van der Waals surface area contributed by atoms with Crippen molar-refractivity contribution in [3.63, 3.8) is 0 Å². The summed E-state index contributed by atoms with van der Waals surface area (Å²) in [6.07, 6.45) is 0.497. The Labute approximate surface area is 126 Å². The number of amides is 1. The molecular weight excluding hydrogens is 328 g/mol. The van der Waals surface area contributed by atoms with Crippen molar-refractivity contribution in [1.82, 2.24) is 9.88 Å². The van der Waals surface area contributed by atoms with E-state index in [9.17, 15) is 4.79 Å². The fraction of sp³-hybridized carbons (Fsp3) is 0.692. The molecule has 1 aliphatic heterocycles. The van der Waals surface area contributed by atoms with Crippen LogP contribution in [0, 0.1) is 0 Å². The molecule has 2 rings (SSSR count). The molecule has 1 aromatic heterocycles. The van der Waals surface area contributed by atoms with Gasteiger partial charge >= 0.3 is 6.09 Å². The maximum atomic E-state index is 12.3. The second-order valence-corrected chi connectivity index (χ2v) is 8.75. The highest BCUT2D eigenvalue weighted by atomic mass is 79.9. The Morgan fingerprint density at radius 2 is 2.11 bits per heavy atom. The van der Waals surface area contributed by atoms with Gasteiger partial charge in [0.05, 0.1) is 12.2 Å². The summed E-state index contributed by atoms with van der Waals surface area (Å²) < 4.78 is 6.37. The second-order valence-electron chi connectivity index (χ2n) is 6.39. The van der Waals surface area contributed by atoms with Crippen LogP contribution in [0.1, 0.15) is 45.2 Å². The van der Waals surface area contributed by atoms with Gasteiger partial charge in [0.25, 0.3) is 0 Å². The normalized spacial score (nSPS) is 18.1. The number of carbonyl (C=O) groups is 1. The van der Waals surface area contributed by atoms with Crippen molar-refractivity contribution in [2.24, 2.45) is 0 Å². The highest BCUT2D eigenvalue weighted by Crippen LogP contribution is 2.36. The molecule has 2 heterocycles. The number of hydrogen-bond donors (Lipinski definition) is 0. The van der Waals surface area contributed by atoms with Gasteiger partial charge in [0.15, 0.2) is 3.92 Å². The van der Waals surface area contributed by atoms with Gasteiger partial charge in [-0.25, -0.2) is 9.78 Å². The number of fused-ring (bicyclic) bond motifs is 1. The topological polar surface area (TPSA) is 42.4 Å². The van der Waals surface area contributed by atoms with Gasteiger partial charge in [-0.3, -0.25) is 4.90 Å². The molecule has 0 atom stereocenters. The minimum Gasteiger partial charge on any atom is -0.444 e. The van der Waals surface area contributed by atoms with Crippen LogP contribution < -0.4 is 0 Å². The van der Waals surface area contributed by atoms with Gasteiger partial charge in [0.1, 0.15) is 5.60 Å². The summed E-state index contributed by atoms with van der Waals surface area (Å²) in [5, 5.41) is 0. The average Bonchev–Trinajstić information content (AvgIpc) is 2.51. The Balaban J connectivity index is 2.24. The van der Waals surface area contributed by atoms with E-state index in [0.717, 1.165) is 20.9 Å². The zero-order valence-corrected chi connectivity index (χ0v) is 14.3. The van der Waals surface area contributed by atoms with Gasteiger partial charge in [-0.15, -0.1) is 11.3 Å². The van der Waals surface area contributed by atoms with Gasteiger partial charge < -0.3 is 4.74 Å². The van der Waals surface area contributed by atoms with Crippen LogP contribution in [0.3, 0.4) is 0 Å². The van der Waals surface area contributed by atoms with Gasteiger partial charge in [-0.05, 0) is 50.5 Å². The number of aromatic nitrogens is 1. The highest BCUT2D eigenvalue weighted by Gasteiger charge is 2.39. The van der Waals surface area contributed by atoms with E-state index in [1.54, 1.807) is 16.2 Å². The Morgan fingerprint density at radius 1 is 1.47 bits per heavy atom. The summed E-state index contributed by atoms with van der Waals surface area (Å²) in [4.78, 5) is 19.7. The molecule has 0 radical (unpaired) electrons. The molecular formula is C13H19BrN2O2S. The molecule has 0 bridgehead atoms. The summed E-state index contributed by atoms with van der Waals surface area (Å²) in [6, 6.07) is 0. The standard InChI is InChI=1S/C13H19BrN2O2S/c1-12(2,3)18-11(17)16-7-9-8(6-13(16,4)5)15-10(14)19-9/h6-7H2,1-5H3. The molecule has 0 fully saturated rings. The van der Waals surface area contributed by atoms with Gasteiger partial charge in [-0.2, -0.15) is 0 Å². The first kappa shape index (κ1) is 14.8. The van der Waals surface area contributed by atoms with Crippen molar-refractivity contribution >= 4 is 33.4 Å². The molecule has 0 N–H and O–H groups in total. The van der Waals surface area contributed by atoms with Gasteiger partial charge in [-0.1, -0.05) is 0 Å². The smallest absolute Gasteiger partial charge is 0.411 e. The lowest BCUT2D eigenvalue weighted by Crippen LogP contribution is -2.52. The summed E-state index contributed by atoms with van der Waals surface area (Å²) in [7, 11) is 0. The van der Waals surface area contributed by atoms with Crippen molar-refractivity contribution in [3.05, 3.63) is 14.5 Å². The Bertz CT molecular complexity index is 505. The molecule has 0 aromatic carbocycles. The third-order valence-corrected chi connectivity index (χ3v) is 4.53. The summed E-state index contributed by atoms with van der Waals surface area (Å²) in [5.74, 6) is 0. The van der Waals surface area contributed by atoms with Crippen molar-refractivity contribution in [2.45, 2.75) is 58.7 Å². The Hall–Kier alpha value is -0.620. The SMILES string of the molecule is CC(C)(C)OC(=O)N1Cc2sc(Br)nc2CC1(C)C. The number of hydrogen-bond acceptors (Lipinski definition) is 4. The van der Waals surface area contributed by atoms with Crippen LogP contribution in [0.2, 0.25) is 0 Å². The van der Waals surface area contributed by atoms with Crippen LogP contribution >= 0.6 is 27.3 Å². The molecule has 4 nitrogen and oxygen atoms in total. The van der Waals surface area contributed by atoms with E-state index in [-0.39, 0.29) is 11.6 Å². The van der Waals surface area contributed by atoms with Gasteiger partial charge in [0, 0.05) is 16.8 Å². The lowest BCUT2D eigenvalue weighted by Gasteiger charge is -2.41. The third kappa shape index (κ3) is 3.28. The number of rotatable bonds is 0. The van der Waals surface area contributed by atoms with Crippen LogP contribution in [-0.4, -0.2) is 27.1 Å². The van der Waals surface area contributed by atoms with Crippen molar-refractivity contribution < 1.29 is 9.53 Å². The summed E-state index contributed by atoms with van der Waals surface area (Å²) >= 11 is 4.99. The first-order chi connectivity index (χ1) is 8.58. The minimum atomic E-state index is -0.471. The van der Waals surface area contributed by atoms with E-state index < -0.39 is 5.60 Å². The monoisotopic (exact) mass is 346 g/mol. The predicted molar refractivity (Wildman–Crippen MR) is 79.4 cm³/mol. The molecule has 6 heteroatoms. The summed E-state index contributed by atoms with van der Waals surface area (Å²) in [5.41, 5.74) is 0.339. The molecule has 1 aromatic rings.